The van der Waals surface area contributed by atoms with E-state index in [9.17, 15) is 30.1 Å². The van der Waals surface area contributed by atoms with Crippen LogP contribution in [0.2, 0.25) is 0 Å². The molecule has 0 aliphatic heterocycles. The van der Waals surface area contributed by atoms with E-state index in [2.05, 4.69) is 0 Å². The van der Waals surface area contributed by atoms with Crippen molar-refractivity contribution in [2.45, 2.75) is 42.7 Å². The predicted octanol–water partition coefficient (Wildman–Crippen LogP) is -3.71. The Labute approximate surface area is 109 Å². The fraction of sp³-hybridized carbons (Fsp3) is 1.00. The number of hydrogen-bond acceptors (Lipinski definition) is 9. The van der Waals surface area contributed by atoms with Gasteiger partial charge in [0.2, 0.25) is 6.16 Å². The summed E-state index contributed by atoms with van der Waals surface area (Å²) < 4.78 is 16.3. The number of aliphatic hydroxyl groups is 7. The summed E-state index contributed by atoms with van der Waals surface area (Å²) in [6, 6.07) is 0. The molecule has 0 aromatic heterocycles. The van der Waals surface area contributed by atoms with Crippen LogP contribution in [0.3, 0.4) is 0 Å². The van der Waals surface area contributed by atoms with Crippen molar-refractivity contribution in [3.05, 3.63) is 0 Å². The molecule has 10 heteroatoms. The Kier molecular flexibility index (Phi) is 6.18. The van der Waals surface area contributed by atoms with Gasteiger partial charge in [-0.25, -0.2) is 0 Å². The highest BCUT2D eigenvalue weighted by Crippen LogP contribution is 2.33. The first kappa shape index (κ1) is 16.8. The van der Waals surface area contributed by atoms with Gasteiger partial charge in [-0.15, -0.1) is 4.52 Å². The molecule has 0 radical (unpaired) electrons. The largest absolute Gasteiger partial charge is 0.511 e. The Morgan fingerprint density at radius 3 is 1.79 bits per heavy atom. The zero-order valence-corrected chi connectivity index (χ0v) is 10.7. The fourth-order valence-corrected chi connectivity index (χ4v) is 2.80. The number of hydrogen-bond donors (Lipinski definition) is 7. The van der Waals surface area contributed by atoms with Gasteiger partial charge in [0.25, 0.3) is 0 Å². The van der Waals surface area contributed by atoms with Crippen LogP contribution in [0, 0.1) is 0 Å². The summed E-state index contributed by atoms with van der Waals surface area (Å²) in [6.07, 6.45) is -12.1. The highest BCUT2D eigenvalue weighted by Gasteiger charge is 2.52. The molecule has 112 valence electrons. The lowest BCUT2D eigenvalue weighted by molar-refractivity contribution is -0.216. The molecule has 1 aliphatic carbocycles. The zero-order valence-electron chi connectivity index (χ0n) is 9.85. The topological polar surface area (TPSA) is 168 Å². The Morgan fingerprint density at radius 1 is 0.947 bits per heavy atom. The van der Waals surface area contributed by atoms with Crippen molar-refractivity contribution in [3.63, 3.8) is 0 Å². The molecule has 6 unspecified atom stereocenters. The van der Waals surface area contributed by atoms with E-state index in [-0.39, 0.29) is 0 Å². The van der Waals surface area contributed by atoms with Crippen LogP contribution in [0.4, 0.5) is 0 Å². The first-order valence-corrected chi connectivity index (χ1v) is 6.96. The third-order valence-electron chi connectivity index (χ3n) is 2.88. The van der Waals surface area contributed by atoms with Gasteiger partial charge in [-0.2, -0.15) is 0 Å². The van der Waals surface area contributed by atoms with Gasteiger partial charge in [0, 0.05) is 0 Å². The van der Waals surface area contributed by atoms with Crippen LogP contribution >= 0.6 is 8.03 Å². The van der Waals surface area contributed by atoms with Crippen molar-refractivity contribution >= 4 is 8.03 Å². The summed E-state index contributed by atoms with van der Waals surface area (Å²) in [6.45, 7) is -0.635. The fourth-order valence-electron chi connectivity index (χ4n) is 1.73. The van der Waals surface area contributed by atoms with E-state index in [1.165, 1.54) is 0 Å². The molecule has 0 heterocycles. The van der Waals surface area contributed by atoms with Gasteiger partial charge < -0.3 is 35.7 Å². The summed E-state index contributed by atoms with van der Waals surface area (Å²) in [5, 5.41) is 64.9. The summed E-state index contributed by atoms with van der Waals surface area (Å²) >= 11 is 0. The average Bonchev–Trinajstić information content (AvgIpc) is 2.39. The van der Waals surface area contributed by atoms with E-state index in [1.54, 1.807) is 0 Å². The molecule has 7 N–H and O–H groups in total. The Balaban J connectivity index is 2.67. The molecule has 0 aromatic rings. The van der Waals surface area contributed by atoms with Gasteiger partial charge in [0.05, 0.1) is 6.61 Å². The minimum Gasteiger partial charge on any atom is -0.394 e. The Bertz CT molecular complexity index is 298. The SMILES string of the molecule is O=[P+](CC(O)CO)OC1C(O)C(O)C(O)C(O)C1O. The lowest BCUT2D eigenvalue weighted by Crippen LogP contribution is -2.63. The second-order valence-electron chi connectivity index (χ2n) is 4.37. The molecule has 19 heavy (non-hydrogen) atoms. The van der Waals surface area contributed by atoms with Crippen molar-refractivity contribution in [1.82, 2.24) is 0 Å². The lowest BCUT2D eigenvalue weighted by atomic mass is 9.85. The summed E-state index contributed by atoms with van der Waals surface area (Å²) in [5.74, 6) is 0. The van der Waals surface area contributed by atoms with Gasteiger partial charge in [0.15, 0.2) is 6.10 Å². The third-order valence-corrected chi connectivity index (χ3v) is 4.08. The van der Waals surface area contributed by atoms with Crippen LogP contribution in [0.15, 0.2) is 0 Å². The minimum absolute atomic E-state index is 0.434. The number of aliphatic hydroxyl groups excluding tert-OH is 7. The van der Waals surface area contributed by atoms with Crippen molar-refractivity contribution in [2.75, 3.05) is 12.8 Å². The quantitative estimate of drug-likeness (QED) is 0.252. The van der Waals surface area contributed by atoms with Crippen molar-refractivity contribution in [2.24, 2.45) is 0 Å². The zero-order chi connectivity index (χ0) is 14.7. The van der Waals surface area contributed by atoms with E-state index < -0.39 is 63.5 Å². The van der Waals surface area contributed by atoms with Crippen LogP contribution in [0.1, 0.15) is 0 Å². The van der Waals surface area contributed by atoms with E-state index in [0.29, 0.717) is 0 Å². The lowest BCUT2D eigenvalue weighted by Gasteiger charge is -2.39. The van der Waals surface area contributed by atoms with Crippen molar-refractivity contribution in [3.8, 4) is 0 Å². The van der Waals surface area contributed by atoms with Crippen LogP contribution in [-0.4, -0.2) is 91.2 Å². The van der Waals surface area contributed by atoms with E-state index in [1.807, 2.05) is 0 Å². The molecule has 1 saturated carbocycles. The Morgan fingerprint density at radius 2 is 1.37 bits per heavy atom. The van der Waals surface area contributed by atoms with Gasteiger partial charge in [0.1, 0.15) is 36.6 Å². The average molecular weight is 301 g/mol. The molecule has 0 aromatic carbocycles. The van der Waals surface area contributed by atoms with Crippen LogP contribution in [-0.2, 0) is 9.09 Å². The van der Waals surface area contributed by atoms with Gasteiger partial charge in [-0.3, -0.25) is 0 Å². The summed E-state index contributed by atoms with van der Waals surface area (Å²) in [7, 11) is -2.54. The van der Waals surface area contributed by atoms with Crippen LogP contribution < -0.4 is 0 Å². The van der Waals surface area contributed by atoms with Gasteiger partial charge >= 0.3 is 8.03 Å². The van der Waals surface area contributed by atoms with Crippen LogP contribution in [0.5, 0.6) is 0 Å². The molecule has 0 amide bonds. The van der Waals surface area contributed by atoms with Crippen molar-refractivity contribution < 1.29 is 44.8 Å². The molecule has 6 atom stereocenters. The summed E-state index contributed by atoms with van der Waals surface area (Å²) in [4.78, 5) is 0. The molecular formula is C9H18O9P+. The third kappa shape index (κ3) is 3.88. The number of rotatable bonds is 5. The van der Waals surface area contributed by atoms with Crippen LogP contribution in [0.25, 0.3) is 0 Å². The van der Waals surface area contributed by atoms with Crippen molar-refractivity contribution in [1.29, 1.82) is 0 Å². The first-order valence-electron chi connectivity index (χ1n) is 5.60. The molecule has 0 bridgehead atoms. The summed E-state index contributed by atoms with van der Waals surface area (Å²) in [5.41, 5.74) is 0. The second kappa shape index (κ2) is 6.98. The maximum Gasteiger partial charge on any atom is 0.511 e. The smallest absolute Gasteiger partial charge is 0.394 e. The molecule has 1 fully saturated rings. The maximum absolute atomic E-state index is 11.5. The molecule has 0 saturated heterocycles. The monoisotopic (exact) mass is 301 g/mol. The molecule has 9 nitrogen and oxygen atoms in total. The standard InChI is InChI=1S/C9H18O9P/c10-1-3(11)2-19(17)18-9-7(15)5(13)4(12)6(14)8(9)16/h3-16H,1-2H2/q+1. The minimum atomic E-state index is -2.54. The predicted molar refractivity (Wildman–Crippen MR) is 60.5 cm³/mol. The van der Waals surface area contributed by atoms with Gasteiger partial charge in [-0.1, -0.05) is 0 Å². The second-order valence-corrected chi connectivity index (χ2v) is 5.62. The highest BCUT2D eigenvalue weighted by molar-refractivity contribution is 7.39. The molecule has 1 aliphatic rings. The molecular weight excluding hydrogens is 283 g/mol. The van der Waals surface area contributed by atoms with E-state index in [0.717, 1.165) is 0 Å². The van der Waals surface area contributed by atoms with E-state index >= 15 is 0 Å². The molecule has 0 spiro atoms. The first-order chi connectivity index (χ1) is 8.79. The normalized spacial score (nSPS) is 41.9. The molecule has 1 rings (SSSR count). The van der Waals surface area contributed by atoms with E-state index in [4.69, 9.17) is 14.7 Å². The Hall–Kier alpha value is -0.220. The maximum atomic E-state index is 11.5. The van der Waals surface area contributed by atoms with Gasteiger partial charge in [-0.05, 0) is 4.57 Å². The highest BCUT2D eigenvalue weighted by atomic mass is 31.1.